The van der Waals surface area contributed by atoms with Crippen LogP contribution >= 0.6 is 0 Å². The van der Waals surface area contributed by atoms with Gasteiger partial charge in [-0.1, -0.05) is 88.7 Å². The molecule has 5 N–H and O–H groups in total. The number of rotatable bonds is 15. The summed E-state index contributed by atoms with van der Waals surface area (Å²) in [6, 6.07) is 18.7. The molecule has 10 heteroatoms. The Balaban J connectivity index is 1.68. The number of carbonyl (C=O) groups is 5. The van der Waals surface area contributed by atoms with Crippen LogP contribution in [-0.4, -0.2) is 52.3 Å². The molecule has 0 aliphatic heterocycles. The van der Waals surface area contributed by atoms with Crippen LogP contribution < -0.4 is 21.3 Å². The van der Waals surface area contributed by atoms with Crippen molar-refractivity contribution >= 4 is 40.4 Å². The number of amides is 4. The zero-order valence-corrected chi connectivity index (χ0v) is 29.8. The van der Waals surface area contributed by atoms with Gasteiger partial charge in [0.1, 0.15) is 12.1 Å². The van der Waals surface area contributed by atoms with E-state index < -0.39 is 35.4 Å². The van der Waals surface area contributed by atoms with Gasteiger partial charge >= 0.3 is 5.97 Å². The molecule has 0 aliphatic rings. The van der Waals surface area contributed by atoms with E-state index in [-0.39, 0.29) is 42.5 Å². The standard InChI is InChI=1S/C39H52N4O6/c1-8-11-30(38(2,3)4)35(47)41-31(20-21-33(44)45)36(48)40-24-25-14-18-28(19-15-25)34(46)42-32(37(49)43-39(5,6)7)23-26-16-17-27-12-9-10-13-29(27)22-26/h9-10,12-19,22,30-32H,8,11,20-21,23-24H2,1-7H3,(H,40,48)(H,41,47)(H,42,46)(H,43,49)(H,44,45). The lowest BCUT2D eigenvalue weighted by Gasteiger charge is -2.31. The van der Waals surface area contributed by atoms with Gasteiger partial charge in [0, 0.05) is 36.4 Å². The minimum Gasteiger partial charge on any atom is -0.481 e. The van der Waals surface area contributed by atoms with Crippen LogP contribution in [0.2, 0.25) is 0 Å². The van der Waals surface area contributed by atoms with Crippen molar-refractivity contribution in [1.82, 2.24) is 21.3 Å². The predicted molar refractivity (Wildman–Crippen MR) is 192 cm³/mol. The Morgan fingerprint density at radius 2 is 1.35 bits per heavy atom. The van der Waals surface area contributed by atoms with Crippen LogP contribution in [0.25, 0.3) is 10.8 Å². The Hall–Kier alpha value is -4.73. The molecule has 49 heavy (non-hydrogen) atoms. The molecule has 3 unspecified atom stereocenters. The lowest BCUT2D eigenvalue weighted by molar-refractivity contribution is -0.138. The Bertz CT molecular complexity index is 1620. The van der Waals surface area contributed by atoms with E-state index in [4.69, 9.17) is 0 Å². The fourth-order valence-corrected chi connectivity index (χ4v) is 5.65. The summed E-state index contributed by atoms with van der Waals surface area (Å²) in [6.45, 7) is 13.6. The second-order valence-corrected chi connectivity index (χ2v) is 14.8. The van der Waals surface area contributed by atoms with Crippen LogP contribution in [-0.2, 0) is 32.1 Å². The van der Waals surface area contributed by atoms with Crippen LogP contribution in [0.4, 0.5) is 0 Å². The fraction of sp³-hybridized carbons (Fsp3) is 0.462. The minimum atomic E-state index is -1.06. The molecule has 0 fully saturated rings. The second kappa shape index (κ2) is 17.1. The van der Waals surface area contributed by atoms with Gasteiger partial charge in [-0.25, -0.2) is 0 Å². The molecule has 0 radical (unpaired) electrons. The quantitative estimate of drug-likeness (QED) is 0.143. The molecule has 3 atom stereocenters. The van der Waals surface area contributed by atoms with Crippen LogP contribution in [0.15, 0.2) is 66.7 Å². The first kappa shape index (κ1) is 38.7. The Morgan fingerprint density at radius 3 is 1.94 bits per heavy atom. The van der Waals surface area contributed by atoms with Crippen LogP contribution in [0, 0.1) is 11.3 Å². The number of carbonyl (C=O) groups excluding carboxylic acids is 4. The monoisotopic (exact) mass is 672 g/mol. The van der Waals surface area contributed by atoms with Gasteiger partial charge < -0.3 is 26.4 Å². The molecule has 10 nitrogen and oxygen atoms in total. The summed E-state index contributed by atoms with van der Waals surface area (Å²) < 4.78 is 0. The van der Waals surface area contributed by atoms with Crippen molar-refractivity contribution in [1.29, 1.82) is 0 Å². The molecule has 0 spiro atoms. The van der Waals surface area contributed by atoms with Gasteiger partial charge in [0.2, 0.25) is 17.7 Å². The largest absolute Gasteiger partial charge is 0.481 e. The molecule has 0 bridgehead atoms. The minimum absolute atomic E-state index is 0.0435. The second-order valence-electron chi connectivity index (χ2n) is 14.8. The maximum Gasteiger partial charge on any atom is 0.303 e. The van der Waals surface area contributed by atoms with Gasteiger partial charge in [-0.05, 0) is 73.1 Å². The molecule has 264 valence electrons. The maximum absolute atomic E-state index is 13.3. The predicted octanol–water partition coefficient (Wildman–Crippen LogP) is 5.52. The lowest BCUT2D eigenvalue weighted by Crippen LogP contribution is -2.53. The molecule has 3 aromatic carbocycles. The summed E-state index contributed by atoms with van der Waals surface area (Å²) in [4.78, 5) is 64.2. The van der Waals surface area contributed by atoms with E-state index in [0.717, 1.165) is 22.8 Å². The molecule has 4 amide bonds. The van der Waals surface area contributed by atoms with E-state index >= 15 is 0 Å². The van der Waals surface area contributed by atoms with Crippen molar-refractivity contribution < 1.29 is 29.1 Å². The van der Waals surface area contributed by atoms with E-state index in [1.54, 1.807) is 24.3 Å². The molecule has 0 heterocycles. The normalized spacial score (nSPS) is 13.5. The van der Waals surface area contributed by atoms with Crippen molar-refractivity contribution in [3.8, 4) is 0 Å². The number of aliphatic carboxylic acids is 1. The average Bonchev–Trinajstić information content (AvgIpc) is 3.02. The molecule has 0 aliphatic carbocycles. The third-order valence-electron chi connectivity index (χ3n) is 8.28. The topological polar surface area (TPSA) is 154 Å². The summed E-state index contributed by atoms with van der Waals surface area (Å²) in [5, 5.41) is 22.8. The van der Waals surface area contributed by atoms with E-state index in [0.29, 0.717) is 24.0 Å². The van der Waals surface area contributed by atoms with Gasteiger partial charge in [0.05, 0.1) is 0 Å². The molecular formula is C39H52N4O6. The Kier molecular flexibility index (Phi) is 13.5. The van der Waals surface area contributed by atoms with Crippen LogP contribution in [0.1, 0.15) is 95.6 Å². The van der Waals surface area contributed by atoms with E-state index in [1.807, 2.05) is 90.9 Å². The highest BCUT2D eigenvalue weighted by atomic mass is 16.4. The van der Waals surface area contributed by atoms with Crippen molar-refractivity contribution in [3.63, 3.8) is 0 Å². The van der Waals surface area contributed by atoms with Crippen molar-refractivity contribution in [2.75, 3.05) is 0 Å². The highest BCUT2D eigenvalue weighted by Crippen LogP contribution is 2.30. The summed E-state index contributed by atoms with van der Waals surface area (Å²) in [7, 11) is 0. The maximum atomic E-state index is 13.3. The highest BCUT2D eigenvalue weighted by molar-refractivity contribution is 5.98. The number of hydrogen-bond donors (Lipinski definition) is 5. The molecule has 0 saturated carbocycles. The number of carboxylic acid groups (broad SMARTS) is 1. The molecule has 0 saturated heterocycles. The number of nitrogens with one attached hydrogen (secondary N) is 4. The summed E-state index contributed by atoms with van der Waals surface area (Å²) >= 11 is 0. The van der Waals surface area contributed by atoms with Crippen molar-refractivity contribution in [2.24, 2.45) is 11.3 Å². The van der Waals surface area contributed by atoms with Crippen molar-refractivity contribution in [3.05, 3.63) is 83.4 Å². The van der Waals surface area contributed by atoms with Gasteiger partial charge in [0.25, 0.3) is 5.91 Å². The molecule has 0 aromatic heterocycles. The zero-order chi connectivity index (χ0) is 36.4. The first-order valence-electron chi connectivity index (χ1n) is 17.0. The number of fused-ring (bicyclic) bond motifs is 1. The summed E-state index contributed by atoms with van der Waals surface area (Å²) in [6.07, 6.45) is 1.43. The summed E-state index contributed by atoms with van der Waals surface area (Å²) in [5.41, 5.74) is 1.14. The smallest absolute Gasteiger partial charge is 0.303 e. The van der Waals surface area contributed by atoms with Gasteiger partial charge in [0.15, 0.2) is 0 Å². The van der Waals surface area contributed by atoms with Gasteiger partial charge in [-0.3, -0.25) is 24.0 Å². The molecule has 3 aromatic rings. The van der Waals surface area contributed by atoms with Gasteiger partial charge in [-0.15, -0.1) is 0 Å². The zero-order valence-electron chi connectivity index (χ0n) is 29.8. The SMILES string of the molecule is CCCC(C(=O)NC(CCC(=O)O)C(=O)NCc1ccc(C(=O)NC(Cc2ccc3ccccc3c2)C(=O)NC(C)(C)C)cc1)C(C)(C)C. The van der Waals surface area contributed by atoms with Crippen LogP contribution in [0.5, 0.6) is 0 Å². The first-order valence-corrected chi connectivity index (χ1v) is 17.0. The average molecular weight is 673 g/mol. The Labute approximate surface area is 289 Å². The Morgan fingerprint density at radius 1 is 0.714 bits per heavy atom. The van der Waals surface area contributed by atoms with Crippen molar-refractivity contribution in [2.45, 2.75) is 105 Å². The van der Waals surface area contributed by atoms with E-state index in [2.05, 4.69) is 21.3 Å². The number of benzene rings is 3. The third-order valence-corrected chi connectivity index (χ3v) is 8.28. The van der Waals surface area contributed by atoms with Crippen LogP contribution in [0.3, 0.4) is 0 Å². The fourth-order valence-electron chi connectivity index (χ4n) is 5.65. The summed E-state index contributed by atoms with van der Waals surface area (Å²) in [5.74, 6) is -2.85. The highest BCUT2D eigenvalue weighted by Gasteiger charge is 2.33. The third kappa shape index (κ3) is 12.3. The molecule has 3 rings (SSSR count). The first-order chi connectivity index (χ1) is 23.0. The molecular weight excluding hydrogens is 620 g/mol. The van der Waals surface area contributed by atoms with E-state index in [1.165, 1.54) is 0 Å². The van der Waals surface area contributed by atoms with Gasteiger partial charge in [-0.2, -0.15) is 0 Å². The lowest BCUT2D eigenvalue weighted by atomic mass is 9.77. The number of hydrogen-bond acceptors (Lipinski definition) is 5. The number of carboxylic acids is 1. The van der Waals surface area contributed by atoms with E-state index in [9.17, 15) is 29.1 Å².